The Morgan fingerprint density at radius 3 is 2.45 bits per heavy atom. The van der Waals surface area contributed by atoms with Gasteiger partial charge in [-0.1, -0.05) is 0 Å². The summed E-state index contributed by atoms with van der Waals surface area (Å²) in [6, 6.07) is 0. The lowest BCUT2D eigenvalue weighted by Gasteiger charge is -2.30. The summed E-state index contributed by atoms with van der Waals surface area (Å²) in [7, 11) is 2.74. The minimum absolute atomic E-state index is 0.0281. The molecule has 1 aromatic heterocycles. The van der Waals surface area contributed by atoms with Gasteiger partial charge in [0.1, 0.15) is 11.4 Å². The minimum Gasteiger partial charge on any atom is -0.384 e. The van der Waals surface area contributed by atoms with Crippen molar-refractivity contribution in [3.05, 3.63) is 26.4 Å². The summed E-state index contributed by atoms with van der Waals surface area (Å²) in [5, 5.41) is 2.93. The maximum Gasteiger partial charge on any atom is 0.332 e. The second-order valence-corrected chi connectivity index (χ2v) is 7.28. The van der Waals surface area contributed by atoms with Crippen LogP contribution in [0.1, 0.15) is 36.5 Å². The average molecular weight is 409 g/mol. The number of Topliss-reactive ketones (excluding diaryl/α,β-unsaturated/α-hetero) is 1. The molecular formula is C19H31N5O5. The predicted molar refractivity (Wildman–Crippen MR) is 109 cm³/mol. The van der Waals surface area contributed by atoms with Gasteiger partial charge < -0.3 is 15.8 Å². The zero-order valence-electron chi connectivity index (χ0n) is 17.4. The van der Waals surface area contributed by atoms with E-state index in [0.29, 0.717) is 45.7 Å². The first kappa shape index (κ1) is 22.8. The molecule has 10 heteroatoms. The number of piperidine rings is 1. The molecule has 3 N–H and O–H groups in total. The van der Waals surface area contributed by atoms with E-state index in [1.807, 2.05) is 11.8 Å². The van der Waals surface area contributed by atoms with E-state index < -0.39 is 17.0 Å². The molecule has 1 aromatic rings. The van der Waals surface area contributed by atoms with Crippen LogP contribution >= 0.6 is 0 Å². The third-order valence-electron chi connectivity index (χ3n) is 5.28. The molecule has 0 aliphatic carbocycles. The lowest BCUT2D eigenvalue weighted by molar-refractivity contribution is -0.126. The van der Waals surface area contributed by atoms with Crippen LogP contribution in [-0.4, -0.2) is 65.1 Å². The summed E-state index contributed by atoms with van der Waals surface area (Å²) in [4.78, 5) is 51.0. The van der Waals surface area contributed by atoms with E-state index in [2.05, 4.69) is 5.32 Å². The number of carbonyl (C=O) groups excluding carboxylic acids is 2. The smallest absolute Gasteiger partial charge is 0.332 e. The van der Waals surface area contributed by atoms with Crippen LogP contribution in [0.25, 0.3) is 0 Å². The number of amides is 1. The average Bonchev–Trinajstić information content (AvgIpc) is 2.71. The molecular weight excluding hydrogens is 378 g/mol. The summed E-state index contributed by atoms with van der Waals surface area (Å²) >= 11 is 0. The summed E-state index contributed by atoms with van der Waals surface area (Å²) in [5.41, 5.74) is 4.43. The van der Waals surface area contributed by atoms with Crippen LogP contribution in [-0.2, 0) is 23.6 Å². The Balaban J connectivity index is 1.89. The number of nitrogens with one attached hydrogen (secondary N) is 1. The second-order valence-electron chi connectivity index (χ2n) is 7.28. The van der Waals surface area contributed by atoms with Crippen LogP contribution in [0.2, 0.25) is 0 Å². The van der Waals surface area contributed by atoms with Crippen molar-refractivity contribution in [3.8, 4) is 0 Å². The second kappa shape index (κ2) is 10.4. The van der Waals surface area contributed by atoms with Gasteiger partial charge in [-0.15, -0.1) is 0 Å². The van der Waals surface area contributed by atoms with E-state index in [4.69, 9.17) is 10.5 Å². The van der Waals surface area contributed by atoms with Gasteiger partial charge in [-0.25, -0.2) is 4.79 Å². The first-order chi connectivity index (χ1) is 13.8. The number of hydrogen-bond acceptors (Lipinski definition) is 7. The Bertz CT molecular complexity index is 852. The van der Waals surface area contributed by atoms with Gasteiger partial charge in [-0.2, -0.15) is 0 Å². The molecule has 0 radical (unpaired) electrons. The van der Waals surface area contributed by atoms with Gasteiger partial charge in [-0.3, -0.25) is 28.4 Å². The molecule has 29 heavy (non-hydrogen) atoms. The number of likely N-dealkylation sites (tertiary alicyclic amines) is 1. The zero-order valence-corrected chi connectivity index (χ0v) is 17.4. The minimum atomic E-state index is -0.683. The van der Waals surface area contributed by atoms with Crippen molar-refractivity contribution in [2.75, 3.05) is 45.1 Å². The number of hydrogen-bond donors (Lipinski definition) is 2. The van der Waals surface area contributed by atoms with E-state index in [-0.39, 0.29) is 29.8 Å². The topological polar surface area (TPSA) is 129 Å². The molecule has 1 aliphatic heterocycles. The molecule has 10 nitrogen and oxygen atoms in total. The van der Waals surface area contributed by atoms with E-state index in [9.17, 15) is 19.2 Å². The fourth-order valence-corrected chi connectivity index (χ4v) is 3.43. The molecule has 1 aliphatic rings. The molecule has 2 heterocycles. The lowest BCUT2D eigenvalue weighted by atomic mass is 9.95. The van der Waals surface area contributed by atoms with Crippen molar-refractivity contribution in [2.24, 2.45) is 20.0 Å². The molecule has 0 atom stereocenters. The maximum atomic E-state index is 12.7. The third-order valence-corrected chi connectivity index (χ3v) is 5.28. The van der Waals surface area contributed by atoms with E-state index in [0.717, 1.165) is 15.6 Å². The number of rotatable bonds is 9. The van der Waals surface area contributed by atoms with Crippen LogP contribution in [0.4, 0.5) is 5.82 Å². The molecule has 0 bridgehead atoms. The number of anilines is 1. The molecule has 2 rings (SSSR count). The number of carbonyl (C=O) groups is 2. The van der Waals surface area contributed by atoms with Gasteiger partial charge in [0.05, 0.1) is 6.54 Å². The van der Waals surface area contributed by atoms with Gasteiger partial charge in [0.15, 0.2) is 5.78 Å². The highest BCUT2D eigenvalue weighted by Gasteiger charge is 2.27. The first-order valence-corrected chi connectivity index (χ1v) is 9.94. The predicted octanol–water partition coefficient (Wildman–Crippen LogP) is -0.896. The molecule has 0 unspecified atom stereocenters. The van der Waals surface area contributed by atoms with Gasteiger partial charge in [-0.05, 0) is 39.3 Å². The summed E-state index contributed by atoms with van der Waals surface area (Å²) in [6.07, 6.45) is 2.07. The van der Waals surface area contributed by atoms with Crippen LogP contribution in [0.5, 0.6) is 0 Å². The number of nitrogens with zero attached hydrogens (tertiary/aromatic N) is 3. The van der Waals surface area contributed by atoms with Crippen LogP contribution in [0.15, 0.2) is 9.59 Å². The lowest BCUT2D eigenvalue weighted by Crippen LogP contribution is -2.45. The van der Waals surface area contributed by atoms with Crippen molar-refractivity contribution < 1.29 is 14.3 Å². The SMILES string of the molecule is CCOCCCNC(=O)C1CCN(CC(=O)c2c(N)n(C)c(=O)n(C)c2=O)CC1. The molecule has 1 amide bonds. The molecule has 1 saturated heterocycles. The van der Waals surface area contributed by atoms with Crippen molar-refractivity contribution in [1.82, 2.24) is 19.4 Å². The van der Waals surface area contributed by atoms with E-state index in [1.165, 1.54) is 14.1 Å². The molecule has 0 spiro atoms. The number of ketones is 1. The monoisotopic (exact) mass is 409 g/mol. The first-order valence-electron chi connectivity index (χ1n) is 9.94. The number of nitrogens with two attached hydrogens (primary N) is 1. The zero-order chi connectivity index (χ0) is 21.6. The number of nitrogen functional groups attached to an aromatic ring is 1. The van der Waals surface area contributed by atoms with Crippen LogP contribution in [0.3, 0.4) is 0 Å². The molecule has 162 valence electrons. The maximum absolute atomic E-state index is 12.7. The molecule has 0 saturated carbocycles. The Hall–Kier alpha value is -2.46. The normalized spacial score (nSPS) is 15.4. The fraction of sp³-hybridized carbons (Fsp3) is 0.684. The third kappa shape index (κ3) is 5.54. The van der Waals surface area contributed by atoms with E-state index in [1.54, 1.807) is 0 Å². The van der Waals surface area contributed by atoms with E-state index >= 15 is 0 Å². The highest BCUT2D eigenvalue weighted by atomic mass is 16.5. The summed E-state index contributed by atoms with van der Waals surface area (Å²) in [5.74, 6) is -0.588. The highest BCUT2D eigenvalue weighted by Crippen LogP contribution is 2.18. The van der Waals surface area contributed by atoms with Gasteiger partial charge in [0.25, 0.3) is 5.56 Å². The Morgan fingerprint density at radius 1 is 1.17 bits per heavy atom. The van der Waals surface area contributed by atoms with Gasteiger partial charge in [0, 0.05) is 39.8 Å². The summed E-state index contributed by atoms with van der Waals surface area (Å²) < 4.78 is 7.22. The van der Waals surface area contributed by atoms with Gasteiger partial charge >= 0.3 is 5.69 Å². The Morgan fingerprint density at radius 2 is 1.83 bits per heavy atom. The van der Waals surface area contributed by atoms with Crippen molar-refractivity contribution >= 4 is 17.5 Å². The van der Waals surface area contributed by atoms with Gasteiger partial charge in [0.2, 0.25) is 5.91 Å². The standard InChI is InChI=1S/C19H31N5O5/c1-4-29-11-5-8-21-17(26)13-6-9-24(10-7-13)12-14(25)15-16(20)22(2)19(28)23(3)18(15)27/h13H,4-12,20H2,1-3H3,(H,21,26). The largest absolute Gasteiger partial charge is 0.384 e. The highest BCUT2D eigenvalue weighted by molar-refractivity contribution is 6.01. The van der Waals surface area contributed by atoms with Crippen molar-refractivity contribution in [2.45, 2.75) is 26.2 Å². The van der Waals surface area contributed by atoms with Crippen LogP contribution < -0.4 is 22.3 Å². The Kier molecular flexibility index (Phi) is 8.15. The van der Waals surface area contributed by atoms with Crippen LogP contribution in [0, 0.1) is 5.92 Å². The summed E-state index contributed by atoms with van der Waals surface area (Å²) in [6.45, 7) is 5.01. The number of aromatic nitrogens is 2. The Labute approximate surface area is 169 Å². The number of ether oxygens (including phenoxy) is 1. The fourth-order valence-electron chi connectivity index (χ4n) is 3.43. The van der Waals surface area contributed by atoms with Crippen molar-refractivity contribution in [1.29, 1.82) is 0 Å². The quantitative estimate of drug-likeness (QED) is 0.400. The molecule has 0 aromatic carbocycles. The van der Waals surface area contributed by atoms with Crippen molar-refractivity contribution in [3.63, 3.8) is 0 Å². The molecule has 1 fully saturated rings.